The lowest BCUT2D eigenvalue weighted by Crippen LogP contribution is -2.55. The van der Waals surface area contributed by atoms with Gasteiger partial charge in [0.25, 0.3) is 0 Å². The molecule has 6 rings (SSSR count). The van der Waals surface area contributed by atoms with Crippen LogP contribution in [-0.4, -0.2) is 67.2 Å². The quantitative estimate of drug-likeness (QED) is 0.731. The number of urea groups is 1. The van der Waals surface area contributed by atoms with Gasteiger partial charge in [-0.2, -0.15) is 0 Å². The maximum atomic E-state index is 12.4. The molecule has 4 aliphatic rings. The van der Waals surface area contributed by atoms with Crippen molar-refractivity contribution in [3.63, 3.8) is 0 Å². The maximum Gasteiger partial charge on any atom is 0.317 e. The monoisotopic (exact) mass is 452 g/mol. The minimum atomic E-state index is 0.181. The highest BCUT2D eigenvalue weighted by atomic mass is 32.1. The highest BCUT2D eigenvalue weighted by molar-refractivity contribution is 7.17. The van der Waals surface area contributed by atoms with Gasteiger partial charge >= 0.3 is 6.03 Å². The number of fused-ring (bicyclic) bond motifs is 2. The second-order valence-corrected chi connectivity index (χ2v) is 11.3. The predicted molar refractivity (Wildman–Crippen MR) is 133 cm³/mol. The van der Waals surface area contributed by atoms with Crippen LogP contribution in [0.1, 0.15) is 50.5 Å². The van der Waals surface area contributed by atoms with E-state index in [2.05, 4.69) is 38.7 Å². The average Bonchev–Trinajstić information content (AvgIpc) is 3.50. The van der Waals surface area contributed by atoms with Crippen LogP contribution in [0.25, 0.3) is 10.1 Å². The molecule has 6 heteroatoms. The van der Waals surface area contributed by atoms with E-state index >= 15 is 0 Å². The lowest BCUT2D eigenvalue weighted by molar-refractivity contribution is 0.181. The van der Waals surface area contributed by atoms with Crippen LogP contribution < -0.4 is 10.2 Å². The SMILES string of the molecule is O=C(N[C@H]1CC[C@H](CCN2CCN3c4cccc5scc(c45)CC3C2)CC1)N1CCCC1. The van der Waals surface area contributed by atoms with Gasteiger partial charge in [0, 0.05) is 60.6 Å². The van der Waals surface area contributed by atoms with E-state index in [1.807, 2.05) is 16.2 Å². The summed E-state index contributed by atoms with van der Waals surface area (Å²) in [5, 5.41) is 7.22. The Bertz CT molecular complexity index is 960. The number of piperazine rings is 1. The van der Waals surface area contributed by atoms with Crippen molar-refractivity contribution in [2.75, 3.05) is 44.2 Å². The molecular formula is C26H36N4OS. The number of hydrogen-bond donors (Lipinski definition) is 1. The topological polar surface area (TPSA) is 38.8 Å². The van der Waals surface area contributed by atoms with E-state index in [1.165, 1.54) is 73.9 Å². The number of amides is 2. The van der Waals surface area contributed by atoms with Crippen molar-refractivity contribution in [2.24, 2.45) is 5.92 Å². The van der Waals surface area contributed by atoms with Crippen LogP contribution in [0.4, 0.5) is 10.5 Å². The molecular weight excluding hydrogens is 416 g/mol. The number of likely N-dealkylation sites (tertiary alicyclic amines) is 1. The molecule has 0 radical (unpaired) electrons. The van der Waals surface area contributed by atoms with Crippen LogP contribution in [0, 0.1) is 5.92 Å². The van der Waals surface area contributed by atoms with E-state index in [9.17, 15) is 4.79 Å². The minimum absolute atomic E-state index is 0.181. The van der Waals surface area contributed by atoms with Gasteiger partial charge in [-0.25, -0.2) is 4.79 Å². The van der Waals surface area contributed by atoms with Crippen molar-refractivity contribution < 1.29 is 4.79 Å². The van der Waals surface area contributed by atoms with Crippen LogP contribution in [0.2, 0.25) is 0 Å². The summed E-state index contributed by atoms with van der Waals surface area (Å²) in [5.41, 5.74) is 3.04. The van der Waals surface area contributed by atoms with Crippen LogP contribution >= 0.6 is 11.3 Å². The number of nitrogens with zero attached hydrogens (tertiary/aromatic N) is 3. The third-order valence-electron chi connectivity index (χ3n) is 8.41. The van der Waals surface area contributed by atoms with Gasteiger partial charge in [0.05, 0.1) is 0 Å². The second kappa shape index (κ2) is 8.86. The molecule has 5 nitrogen and oxygen atoms in total. The molecule has 2 aromatic rings. The normalized spacial score (nSPS) is 28.2. The molecule has 3 fully saturated rings. The van der Waals surface area contributed by atoms with Gasteiger partial charge in [0.1, 0.15) is 0 Å². The first-order valence-corrected chi connectivity index (χ1v) is 13.7. The summed E-state index contributed by atoms with van der Waals surface area (Å²) in [7, 11) is 0. The van der Waals surface area contributed by atoms with Crippen LogP contribution in [0.3, 0.4) is 0 Å². The number of rotatable bonds is 4. The predicted octanol–water partition coefficient (Wildman–Crippen LogP) is 4.70. The standard InChI is InChI=1S/C26H36N4OS/c31-26(29-11-1-2-12-29)27-21-8-6-19(7-9-21)10-13-28-14-15-30-22(17-28)16-20-18-32-24-5-3-4-23(30)25(20)24/h3-5,18-19,21-22H,1-2,6-17H2,(H,27,31)/t19-,21-,22?. The summed E-state index contributed by atoms with van der Waals surface area (Å²) >= 11 is 1.91. The number of hydrogen-bond acceptors (Lipinski definition) is 4. The molecule has 3 aliphatic heterocycles. The third kappa shape index (κ3) is 4.01. The van der Waals surface area contributed by atoms with Crippen molar-refractivity contribution in [1.29, 1.82) is 0 Å². The largest absolute Gasteiger partial charge is 0.365 e. The Labute approximate surface area is 195 Å². The van der Waals surface area contributed by atoms with Gasteiger partial charge in [-0.3, -0.25) is 4.90 Å². The molecule has 2 saturated heterocycles. The molecule has 1 N–H and O–H groups in total. The first kappa shape index (κ1) is 20.8. The highest BCUT2D eigenvalue weighted by Crippen LogP contribution is 2.41. The number of anilines is 1. The lowest BCUT2D eigenvalue weighted by atomic mass is 9.84. The van der Waals surface area contributed by atoms with Crippen molar-refractivity contribution >= 4 is 33.1 Å². The summed E-state index contributed by atoms with van der Waals surface area (Å²) < 4.78 is 1.45. The Morgan fingerprint density at radius 3 is 2.75 bits per heavy atom. The fraction of sp³-hybridized carbons (Fsp3) is 0.654. The van der Waals surface area contributed by atoms with Gasteiger partial charge < -0.3 is 15.1 Å². The van der Waals surface area contributed by atoms with Gasteiger partial charge in [-0.1, -0.05) is 6.07 Å². The summed E-state index contributed by atoms with van der Waals surface area (Å²) in [6.07, 6.45) is 9.72. The average molecular weight is 453 g/mol. The molecule has 172 valence electrons. The van der Waals surface area contributed by atoms with Gasteiger partial charge in [-0.05, 0) is 86.9 Å². The molecule has 32 heavy (non-hydrogen) atoms. The van der Waals surface area contributed by atoms with Gasteiger partial charge in [0.15, 0.2) is 0 Å². The molecule has 1 aromatic carbocycles. The molecule has 1 atom stereocenters. The van der Waals surface area contributed by atoms with E-state index in [4.69, 9.17) is 0 Å². The summed E-state index contributed by atoms with van der Waals surface area (Å²) in [6.45, 7) is 6.67. The summed E-state index contributed by atoms with van der Waals surface area (Å²) in [4.78, 5) is 19.8. The Hall–Kier alpha value is -1.79. The lowest BCUT2D eigenvalue weighted by Gasteiger charge is -2.45. The van der Waals surface area contributed by atoms with Crippen molar-refractivity contribution in [1.82, 2.24) is 15.1 Å². The Balaban J connectivity index is 0.972. The van der Waals surface area contributed by atoms with E-state index in [0.717, 1.165) is 38.4 Å². The maximum absolute atomic E-state index is 12.4. The first-order valence-electron chi connectivity index (χ1n) is 12.8. The molecule has 0 spiro atoms. The van der Waals surface area contributed by atoms with Crippen molar-refractivity contribution in [3.05, 3.63) is 29.1 Å². The van der Waals surface area contributed by atoms with E-state index in [1.54, 1.807) is 5.56 Å². The van der Waals surface area contributed by atoms with E-state index < -0.39 is 0 Å². The Morgan fingerprint density at radius 1 is 1.06 bits per heavy atom. The molecule has 1 unspecified atom stereocenters. The third-order valence-corrected chi connectivity index (χ3v) is 9.40. The second-order valence-electron chi connectivity index (χ2n) is 10.4. The van der Waals surface area contributed by atoms with Crippen molar-refractivity contribution in [3.8, 4) is 0 Å². The van der Waals surface area contributed by atoms with E-state index in [0.29, 0.717) is 12.1 Å². The molecule has 1 saturated carbocycles. The zero-order valence-corrected chi connectivity index (χ0v) is 19.9. The van der Waals surface area contributed by atoms with Crippen LogP contribution in [0.15, 0.2) is 23.6 Å². The number of nitrogens with one attached hydrogen (secondary N) is 1. The van der Waals surface area contributed by atoms with Gasteiger partial charge in [0.2, 0.25) is 0 Å². The Morgan fingerprint density at radius 2 is 1.91 bits per heavy atom. The summed E-state index contributed by atoms with van der Waals surface area (Å²) in [5.74, 6) is 0.830. The molecule has 0 bridgehead atoms. The fourth-order valence-electron chi connectivity index (χ4n) is 6.54. The molecule has 2 amide bonds. The molecule has 4 heterocycles. The van der Waals surface area contributed by atoms with Crippen LogP contribution in [0.5, 0.6) is 0 Å². The molecule has 1 aliphatic carbocycles. The minimum Gasteiger partial charge on any atom is -0.365 e. The summed E-state index contributed by atoms with van der Waals surface area (Å²) in [6, 6.07) is 8.05. The Kier molecular flexibility index (Phi) is 5.76. The number of carbonyl (C=O) groups excluding carboxylic acids is 1. The van der Waals surface area contributed by atoms with Crippen molar-refractivity contribution in [2.45, 2.75) is 63.5 Å². The zero-order chi connectivity index (χ0) is 21.5. The van der Waals surface area contributed by atoms with Gasteiger partial charge in [-0.15, -0.1) is 11.3 Å². The van der Waals surface area contributed by atoms with E-state index in [-0.39, 0.29) is 6.03 Å². The molecule has 1 aromatic heterocycles. The first-order chi connectivity index (χ1) is 15.7. The zero-order valence-electron chi connectivity index (χ0n) is 19.1. The number of thiophene rings is 1. The fourth-order valence-corrected chi connectivity index (χ4v) is 7.53. The highest BCUT2D eigenvalue weighted by Gasteiger charge is 2.33. The number of carbonyl (C=O) groups is 1. The van der Waals surface area contributed by atoms with Crippen LogP contribution in [-0.2, 0) is 6.42 Å². The smallest absolute Gasteiger partial charge is 0.317 e. The number of benzene rings is 1.